The third kappa shape index (κ3) is 2.77. The average molecular weight is 277 g/mol. The van der Waals surface area contributed by atoms with Crippen LogP contribution in [-0.4, -0.2) is 21.1 Å². The molecule has 6 heteroatoms. The molecule has 3 heterocycles. The van der Waals surface area contributed by atoms with E-state index in [1.54, 1.807) is 6.07 Å². The summed E-state index contributed by atoms with van der Waals surface area (Å²) in [6.07, 6.45) is 2.77. The Hall–Kier alpha value is -1.85. The van der Waals surface area contributed by atoms with E-state index in [0.29, 0.717) is 11.8 Å². The van der Waals surface area contributed by atoms with E-state index in [4.69, 9.17) is 16.0 Å². The lowest BCUT2D eigenvalue weighted by atomic mass is 10.3. The average Bonchev–Trinajstić information content (AvgIpc) is 3.02. The number of pyridine rings is 1. The normalized spacial score (nSPS) is 11.2. The predicted octanol–water partition coefficient (Wildman–Crippen LogP) is 2.31. The molecule has 0 spiro atoms. The number of aromatic nitrogens is 3. The number of halogens is 1. The summed E-state index contributed by atoms with van der Waals surface area (Å²) in [4.78, 5) is 0. The Morgan fingerprint density at radius 2 is 2.16 bits per heavy atom. The first kappa shape index (κ1) is 12.2. The minimum Gasteiger partial charge on any atom is -0.448 e. The van der Waals surface area contributed by atoms with Gasteiger partial charge in [-0.25, -0.2) is 0 Å². The standard InChI is InChI=1S/C13H13ClN4O/c14-11-5-4-10(19-11)9-15-7-6-13-17-16-12-3-1-2-8-18(12)13/h1-5,8,15H,6-7,9H2. The molecule has 19 heavy (non-hydrogen) atoms. The van der Waals surface area contributed by atoms with Crippen LogP contribution in [0.15, 0.2) is 40.9 Å². The summed E-state index contributed by atoms with van der Waals surface area (Å²) in [6, 6.07) is 9.46. The molecule has 1 N–H and O–H groups in total. The molecule has 0 saturated heterocycles. The van der Waals surface area contributed by atoms with Crippen LogP contribution >= 0.6 is 11.6 Å². The van der Waals surface area contributed by atoms with Crippen molar-refractivity contribution in [3.05, 3.63) is 53.3 Å². The smallest absolute Gasteiger partial charge is 0.193 e. The van der Waals surface area contributed by atoms with Crippen LogP contribution in [0.3, 0.4) is 0 Å². The van der Waals surface area contributed by atoms with Crippen molar-refractivity contribution in [2.45, 2.75) is 13.0 Å². The molecular formula is C13H13ClN4O. The molecule has 0 aliphatic carbocycles. The molecule has 0 unspecified atom stereocenters. The molecule has 3 rings (SSSR count). The van der Waals surface area contributed by atoms with E-state index in [0.717, 1.165) is 30.2 Å². The molecule has 0 radical (unpaired) electrons. The van der Waals surface area contributed by atoms with Gasteiger partial charge in [0.1, 0.15) is 11.6 Å². The summed E-state index contributed by atoms with van der Waals surface area (Å²) >= 11 is 5.70. The molecule has 0 amide bonds. The van der Waals surface area contributed by atoms with E-state index < -0.39 is 0 Å². The van der Waals surface area contributed by atoms with Gasteiger partial charge in [0, 0.05) is 19.2 Å². The van der Waals surface area contributed by atoms with E-state index in [-0.39, 0.29) is 0 Å². The fourth-order valence-electron chi connectivity index (χ4n) is 1.92. The van der Waals surface area contributed by atoms with Gasteiger partial charge in [-0.1, -0.05) is 6.07 Å². The van der Waals surface area contributed by atoms with Crippen molar-refractivity contribution in [3.8, 4) is 0 Å². The molecule has 5 nitrogen and oxygen atoms in total. The lowest BCUT2D eigenvalue weighted by molar-refractivity contribution is 0.484. The van der Waals surface area contributed by atoms with Gasteiger partial charge in [-0.3, -0.25) is 4.40 Å². The van der Waals surface area contributed by atoms with E-state index >= 15 is 0 Å². The van der Waals surface area contributed by atoms with Crippen LogP contribution in [0.5, 0.6) is 0 Å². The molecule has 3 aromatic rings. The predicted molar refractivity (Wildman–Crippen MR) is 72.1 cm³/mol. The van der Waals surface area contributed by atoms with Crippen molar-refractivity contribution in [2.75, 3.05) is 6.54 Å². The highest BCUT2D eigenvalue weighted by atomic mass is 35.5. The van der Waals surface area contributed by atoms with Crippen LogP contribution < -0.4 is 5.32 Å². The fraction of sp³-hybridized carbons (Fsp3) is 0.231. The summed E-state index contributed by atoms with van der Waals surface area (Å²) in [5, 5.41) is 12.0. The van der Waals surface area contributed by atoms with Crippen molar-refractivity contribution in [1.29, 1.82) is 0 Å². The lowest BCUT2D eigenvalue weighted by Gasteiger charge is -2.01. The highest BCUT2D eigenvalue weighted by Crippen LogP contribution is 2.12. The molecule has 0 aliphatic rings. The SMILES string of the molecule is Clc1ccc(CNCCc2nnc3ccccn23)o1. The number of furan rings is 1. The van der Waals surface area contributed by atoms with Gasteiger partial charge in [-0.2, -0.15) is 0 Å². The second kappa shape index (κ2) is 5.42. The van der Waals surface area contributed by atoms with Crippen molar-refractivity contribution in [2.24, 2.45) is 0 Å². The monoisotopic (exact) mass is 276 g/mol. The van der Waals surface area contributed by atoms with Crippen molar-refractivity contribution >= 4 is 17.2 Å². The molecule has 0 fully saturated rings. The molecule has 0 saturated carbocycles. The Bertz CT molecular complexity index is 676. The van der Waals surface area contributed by atoms with E-state index in [9.17, 15) is 0 Å². The quantitative estimate of drug-likeness (QED) is 0.727. The lowest BCUT2D eigenvalue weighted by Crippen LogP contribution is -2.17. The van der Waals surface area contributed by atoms with Crippen LogP contribution in [0, 0.1) is 0 Å². The zero-order chi connectivity index (χ0) is 13.1. The van der Waals surface area contributed by atoms with Crippen molar-refractivity contribution in [3.63, 3.8) is 0 Å². The molecule has 98 valence electrons. The summed E-state index contributed by atoms with van der Waals surface area (Å²) in [6.45, 7) is 1.46. The minimum absolute atomic E-state index is 0.417. The summed E-state index contributed by atoms with van der Waals surface area (Å²) in [7, 11) is 0. The largest absolute Gasteiger partial charge is 0.448 e. The fourth-order valence-corrected chi connectivity index (χ4v) is 2.08. The minimum atomic E-state index is 0.417. The van der Waals surface area contributed by atoms with Gasteiger partial charge in [0.25, 0.3) is 0 Å². The molecule has 0 aromatic carbocycles. The van der Waals surface area contributed by atoms with Gasteiger partial charge >= 0.3 is 0 Å². The molecular weight excluding hydrogens is 264 g/mol. The number of nitrogens with zero attached hydrogens (tertiary/aromatic N) is 3. The van der Waals surface area contributed by atoms with Gasteiger partial charge < -0.3 is 9.73 Å². The Morgan fingerprint density at radius 1 is 1.21 bits per heavy atom. The third-order valence-corrected chi connectivity index (χ3v) is 3.04. The summed E-state index contributed by atoms with van der Waals surface area (Å²) in [5.41, 5.74) is 0.871. The number of hydrogen-bond donors (Lipinski definition) is 1. The Morgan fingerprint density at radius 3 is 3.00 bits per heavy atom. The van der Waals surface area contributed by atoms with Crippen LogP contribution in [0.4, 0.5) is 0 Å². The first-order valence-electron chi connectivity index (χ1n) is 6.06. The summed E-state index contributed by atoms with van der Waals surface area (Å²) in [5.74, 6) is 1.77. The van der Waals surface area contributed by atoms with E-state index in [2.05, 4.69) is 15.5 Å². The zero-order valence-corrected chi connectivity index (χ0v) is 11.0. The Balaban J connectivity index is 1.55. The van der Waals surface area contributed by atoms with Crippen LogP contribution in [0.2, 0.25) is 5.22 Å². The van der Waals surface area contributed by atoms with Crippen LogP contribution in [-0.2, 0) is 13.0 Å². The molecule has 0 aliphatic heterocycles. The maximum atomic E-state index is 5.70. The molecule has 3 aromatic heterocycles. The van der Waals surface area contributed by atoms with E-state index in [1.165, 1.54) is 0 Å². The van der Waals surface area contributed by atoms with E-state index in [1.807, 2.05) is 34.9 Å². The number of hydrogen-bond acceptors (Lipinski definition) is 4. The Labute approximate surface area is 115 Å². The maximum absolute atomic E-state index is 5.70. The number of fused-ring (bicyclic) bond motifs is 1. The maximum Gasteiger partial charge on any atom is 0.193 e. The van der Waals surface area contributed by atoms with Gasteiger partial charge in [0.05, 0.1) is 6.54 Å². The summed E-state index contributed by atoms with van der Waals surface area (Å²) < 4.78 is 7.25. The number of nitrogens with one attached hydrogen (secondary N) is 1. The second-order valence-corrected chi connectivity index (χ2v) is 4.55. The number of rotatable bonds is 5. The third-order valence-electron chi connectivity index (χ3n) is 2.84. The second-order valence-electron chi connectivity index (χ2n) is 4.18. The topological polar surface area (TPSA) is 55.4 Å². The van der Waals surface area contributed by atoms with Crippen molar-refractivity contribution in [1.82, 2.24) is 19.9 Å². The highest BCUT2D eigenvalue weighted by molar-refractivity contribution is 6.28. The molecule has 0 atom stereocenters. The highest BCUT2D eigenvalue weighted by Gasteiger charge is 2.04. The van der Waals surface area contributed by atoms with Gasteiger partial charge in [-0.05, 0) is 35.9 Å². The van der Waals surface area contributed by atoms with Crippen LogP contribution in [0.25, 0.3) is 5.65 Å². The van der Waals surface area contributed by atoms with Gasteiger partial charge in [-0.15, -0.1) is 10.2 Å². The Kier molecular flexibility index (Phi) is 3.48. The molecule has 0 bridgehead atoms. The van der Waals surface area contributed by atoms with Crippen LogP contribution in [0.1, 0.15) is 11.6 Å². The first-order chi connectivity index (χ1) is 9.33. The van der Waals surface area contributed by atoms with Crippen molar-refractivity contribution < 1.29 is 4.42 Å². The van der Waals surface area contributed by atoms with Gasteiger partial charge in [0.15, 0.2) is 10.9 Å². The first-order valence-corrected chi connectivity index (χ1v) is 6.44. The van der Waals surface area contributed by atoms with Gasteiger partial charge in [0.2, 0.25) is 0 Å². The zero-order valence-electron chi connectivity index (χ0n) is 10.2.